The number of nitrogens with zero attached hydrogens (tertiary/aromatic N) is 1. The number of benzene rings is 1. The Morgan fingerprint density at radius 2 is 2.26 bits per heavy atom. The monoisotopic (exact) mass is 360 g/mol. The zero-order valence-corrected chi connectivity index (χ0v) is 15.3. The average molecular weight is 361 g/mol. The molecule has 1 fully saturated rings. The number of rotatable bonds is 5. The first-order chi connectivity index (χ1) is 10.5. The first-order valence-corrected chi connectivity index (χ1v) is 8.23. The van der Waals surface area contributed by atoms with Gasteiger partial charge in [0.1, 0.15) is 5.75 Å². The van der Waals surface area contributed by atoms with E-state index in [2.05, 4.69) is 0 Å². The van der Waals surface area contributed by atoms with E-state index >= 15 is 0 Å². The molecule has 1 amide bonds. The van der Waals surface area contributed by atoms with E-state index in [-0.39, 0.29) is 24.4 Å². The highest BCUT2D eigenvalue weighted by Gasteiger charge is 2.25. The topological polar surface area (TPSA) is 55.6 Å². The molecular formula is C17H26Cl2N2O2. The number of piperidine rings is 1. The summed E-state index contributed by atoms with van der Waals surface area (Å²) in [6.45, 7) is 3.51. The van der Waals surface area contributed by atoms with E-state index in [1.54, 1.807) is 7.11 Å². The van der Waals surface area contributed by atoms with Crippen molar-refractivity contribution in [3.63, 3.8) is 0 Å². The predicted molar refractivity (Wildman–Crippen MR) is 96.5 cm³/mol. The zero-order valence-electron chi connectivity index (χ0n) is 13.8. The van der Waals surface area contributed by atoms with E-state index in [0.29, 0.717) is 12.3 Å². The Morgan fingerprint density at radius 1 is 1.52 bits per heavy atom. The van der Waals surface area contributed by atoms with E-state index in [1.165, 1.54) is 0 Å². The Hall–Kier alpha value is -0.970. The number of likely N-dealkylation sites (tertiary alicyclic amines) is 1. The molecule has 0 aromatic heterocycles. The van der Waals surface area contributed by atoms with Crippen molar-refractivity contribution >= 4 is 29.9 Å². The molecule has 1 aliphatic rings. The highest BCUT2D eigenvalue weighted by Crippen LogP contribution is 2.28. The Kier molecular flexibility index (Phi) is 8.17. The molecule has 2 N–H and O–H groups in total. The lowest BCUT2D eigenvalue weighted by atomic mass is 9.90. The fraction of sp³-hybridized carbons (Fsp3) is 0.588. The van der Waals surface area contributed by atoms with Gasteiger partial charge in [-0.15, -0.1) is 12.4 Å². The SMILES string of the molecule is COc1ccc(Cl)cc1CC1CCCN(C(=O)CC(C)N)C1.Cl. The summed E-state index contributed by atoms with van der Waals surface area (Å²) in [6, 6.07) is 5.62. The summed E-state index contributed by atoms with van der Waals surface area (Å²) in [6.07, 6.45) is 3.47. The molecule has 0 bridgehead atoms. The molecule has 1 aliphatic heterocycles. The summed E-state index contributed by atoms with van der Waals surface area (Å²) in [4.78, 5) is 14.1. The van der Waals surface area contributed by atoms with Gasteiger partial charge < -0.3 is 15.4 Å². The summed E-state index contributed by atoms with van der Waals surface area (Å²) >= 11 is 6.09. The van der Waals surface area contributed by atoms with Gasteiger partial charge in [-0.1, -0.05) is 11.6 Å². The minimum absolute atomic E-state index is 0. The van der Waals surface area contributed by atoms with E-state index in [1.807, 2.05) is 30.0 Å². The molecule has 0 radical (unpaired) electrons. The summed E-state index contributed by atoms with van der Waals surface area (Å²) in [5, 5.41) is 0.719. The van der Waals surface area contributed by atoms with Crippen LogP contribution in [0.2, 0.25) is 5.02 Å². The standard InChI is InChI=1S/C17H25ClN2O2.ClH/c1-12(19)8-17(21)20-7-3-4-13(11-20)9-14-10-15(18)5-6-16(14)22-2;/h5-6,10,12-13H,3-4,7-9,11,19H2,1-2H3;1H. The van der Waals surface area contributed by atoms with Crippen LogP contribution in [0.4, 0.5) is 0 Å². The van der Waals surface area contributed by atoms with Crippen LogP contribution in [0.15, 0.2) is 18.2 Å². The lowest BCUT2D eigenvalue weighted by molar-refractivity contribution is -0.133. The maximum Gasteiger partial charge on any atom is 0.224 e. The summed E-state index contributed by atoms with van der Waals surface area (Å²) in [5.41, 5.74) is 6.85. The number of halogens is 2. The Labute approximate surface area is 149 Å². The predicted octanol–water partition coefficient (Wildman–Crippen LogP) is 3.29. The molecule has 1 saturated heterocycles. The second-order valence-corrected chi connectivity index (χ2v) is 6.63. The molecule has 2 unspecified atom stereocenters. The molecule has 0 saturated carbocycles. The number of carbonyl (C=O) groups is 1. The van der Waals surface area contributed by atoms with E-state index in [0.717, 1.165) is 48.7 Å². The lowest BCUT2D eigenvalue weighted by Gasteiger charge is -2.33. The van der Waals surface area contributed by atoms with Crippen molar-refractivity contribution in [2.75, 3.05) is 20.2 Å². The van der Waals surface area contributed by atoms with E-state index in [4.69, 9.17) is 22.1 Å². The van der Waals surface area contributed by atoms with Crippen LogP contribution in [-0.2, 0) is 11.2 Å². The number of hydrogen-bond donors (Lipinski definition) is 1. The molecule has 6 heteroatoms. The van der Waals surface area contributed by atoms with Gasteiger partial charge in [0.2, 0.25) is 5.91 Å². The van der Waals surface area contributed by atoms with Crippen molar-refractivity contribution in [1.29, 1.82) is 0 Å². The molecular weight excluding hydrogens is 335 g/mol. The molecule has 23 heavy (non-hydrogen) atoms. The second kappa shape index (κ2) is 9.36. The van der Waals surface area contributed by atoms with Gasteiger partial charge in [-0.05, 0) is 55.9 Å². The van der Waals surface area contributed by atoms with Gasteiger partial charge in [-0.2, -0.15) is 0 Å². The third kappa shape index (κ3) is 5.87. The third-order valence-electron chi connectivity index (χ3n) is 4.12. The van der Waals surface area contributed by atoms with Crippen LogP contribution in [0.3, 0.4) is 0 Å². The van der Waals surface area contributed by atoms with Crippen LogP contribution in [-0.4, -0.2) is 37.0 Å². The molecule has 130 valence electrons. The summed E-state index contributed by atoms with van der Waals surface area (Å²) in [7, 11) is 1.67. The number of methoxy groups -OCH3 is 1. The quantitative estimate of drug-likeness (QED) is 0.876. The van der Waals surface area contributed by atoms with Gasteiger partial charge in [0.05, 0.1) is 7.11 Å². The Morgan fingerprint density at radius 3 is 2.91 bits per heavy atom. The van der Waals surface area contributed by atoms with Crippen LogP contribution in [0, 0.1) is 5.92 Å². The smallest absolute Gasteiger partial charge is 0.224 e. The molecule has 1 aromatic carbocycles. The molecule has 1 aromatic rings. The number of amides is 1. The minimum Gasteiger partial charge on any atom is -0.496 e. The van der Waals surface area contributed by atoms with Crippen molar-refractivity contribution in [1.82, 2.24) is 4.90 Å². The second-order valence-electron chi connectivity index (χ2n) is 6.19. The van der Waals surface area contributed by atoms with E-state index < -0.39 is 0 Å². The maximum absolute atomic E-state index is 12.2. The molecule has 0 aliphatic carbocycles. The lowest BCUT2D eigenvalue weighted by Crippen LogP contribution is -2.42. The van der Waals surface area contributed by atoms with Gasteiger partial charge in [0.15, 0.2) is 0 Å². The van der Waals surface area contributed by atoms with Crippen molar-refractivity contribution in [2.45, 2.75) is 38.6 Å². The zero-order chi connectivity index (χ0) is 16.1. The highest BCUT2D eigenvalue weighted by atomic mass is 35.5. The number of carbonyl (C=O) groups excluding carboxylic acids is 1. The Balaban J connectivity index is 0.00000264. The number of nitrogens with two attached hydrogens (primary N) is 1. The number of ether oxygens (including phenoxy) is 1. The van der Waals surface area contributed by atoms with E-state index in [9.17, 15) is 4.79 Å². The van der Waals surface area contributed by atoms with Crippen molar-refractivity contribution in [2.24, 2.45) is 11.7 Å². The Bertz CT molecular complexity index is 523. The normalized spacial score (nSPS) is 19.0. The fourth-order valence-corrected chi connectivity index (χ4v) is 3.28. The van der Waals surface area contributed by atoms with Gasteiger partial charge in [0, 0.05) is 30.6 Å². The third-order valence-corrected chi connectivity index (χ3v) is 4.35. The van der Waals surface area contributed by atoms with Crippen molar-refractivity contribution in [3.05, 3.63) is 28.8 Å². The minimum atomic E-state index is -0.0825. The van der Waals surface area contributed by atoms with Crippen LogP contribution in [0.5, 0.6) is 5.75 Å². The van der Waals surface area contributed by atoms with Crippen LogP contribution in [0.1, 0.15) is 31.7 Å². The average Bonchev–Trinajstić information content (AvgIpc) is 2.47. The van der Waals surface area contributed by atoms with Crippen LogP contribution < -0.4 is 10.5 Å². The highest BCUT2D eigenvalue weighted by molar-refractivity contribution is 6.30. The molecule has 0 spiro atoms. The fourth-order valence-electron chi connectivity index (χ4n) is 3.08. The molecule has 2 atom stereocenters. The molecule has 2 rings (SSSR count). The molecule has 1 heterocycles. The molecule has 4 nitrogen and oxygen atoms in total. The van der Waals surface area contributed by atoms with Crippen molar-refractivity contribution in [3.8, 4) is 5.75 Å². The van der Waals surface area contributed by atoms with Gasteiger partial charge >= 0.3 is 0 Å². The van der Waals surface area contributed by atoms with Gasteiger partial charge in [-0.25, -0.2) is 0 Å². The van der Waals surface area contributed by atoms with Crippen LogP contribution >= 0.6 is 24.0 Å². The number of hydrogen-bond acceptors (Lipinski definition) is 3. The van der Waals surface area contributed by atoms with Gasteiger partial charge in [-0.3, -0.25) is 4.79 Å². The summed E-state index contributed by atoms with van der Waals surface area (Å²) in [5.74, 6) is 1.47. The largest absolute Gasteiger partial charge is 0.496 e. The first-order valence-electron chi connectivity index (χ1n) is 7.85. The maximum atomic E-state index is 12.2. The first kappa shape index (κ1) is 20.1. The van der Waals surface area contributed by atoms with Crippen LogP contribution in [0.25, 0.3) is 0 Å². The van der Waals surface area contributed by atoms with Crippen molar-refractivity contribution < 1.29 is 9.53 Å². The van der Waals surface area contributed by atoms with Gasteiger partial charge in [0.25, 0.3) is 0 Å². The summed E-state index contributed by atoms with van der Waals surface area (Å²) < 4.78 is 5.41.